The number of carbonyl (C=O) groups excluding carboxylic acids is 1. The quantitative estimate of drug-likeness (QED) is 0.608. The van der Waals surface area contributed by atoms with Crippen molar-refractivity contribution < 1.29 is 9.53 Å². The van der Waals surface area contributed by atoms with Crippen molar-refractivity contribution in [1.82, 2.24) is 9.55 Å². The minimum absolute atomic E-state index is 0.00160. The lowest BCUT2D eigenvalue weighted by molar-refractivity contribution is -0.117. The molecule has 0 aromatic carbocycles. The number of ether oxygens (including phenoxy) is 1. The summed E-state index contributed by atoms with van der Waals surface area (Å²) in [6.07, 6.45) is 5.05. The lowest BCUT2D eigenvalue weighted by Gasteiger charge is -2.19. The van der Waals surface area contributed by atoms with E-state index in [1.54, 1.807) is 22.8 Å². The van der Waals surface area contributed by atoms with Crippen LogP contribution < -0.4 is 11.3 Å². The van der Waals surface area contributed by atoms with Crippen molar-refractivity contribution in [2.24, 2.45) is 11.7 Å². The maximum absolute atomic E-state index is 13.4. The number of thioether (sulfide) groups is 1. The number of hydrogen-bond donors (Lipinski definition) is 1. The molecule has 0 saturated carbocycles. The first-order chi connectivity index (χ1) is 12.9. The van der Waals surface area contributed by atoms with Crippen LogP contribution in [0.4, 0.5) is 0 Å². The van der Waals surface area contributed by atoms with E-state index in [4.69, 9.17) is 15.5 Å². The first kappa shape index (κ1) is 19.0. The molecule has 2 aliphatic rings. The molecule has 2 N–H and O–H groups in total. The minimum Gasteiger partial charge on any atom is -0.376 e. The molecule has 3 heterocycles. The van der Waals surface area contributed by atoms with E-state index in [-0.39, 0.29) is 11.7 Å². The average molecular weight is 408 g/mol. The first-order valence-electron chi connectivity index (χ1n) is 9.56. The summed E-state index contributed by atoms with van der Waals surface area (Å²) in [5.41, 5.74) is 6.63. The number of fused-ring (bicyclic) bond motifs is 3. The maximum atomic E-state index is 13.4. The first-order valence-corrected chi connectivity index (χ1v) is 11.3. The molecule has 2 aromatic rings. The van der Waals surface area contributed by atoms with Crippen LogP contribution in [0.3, 0.4) is 0 Å². The summed E-state index contributed by atoms with van der Waals surface area (Å²) in [7, 11) is 0. The highest BCUT2D eigenvalue weighted by molar-refractivity contribution is 8.00. The Balaban J connectivity index is 1.83. The Morgan fingerprint density at radius 2 is 2.30 bits per heavy atom. The molecule has 8 heteroatoms. The molecule has 0 unspecified atom stereocenters. The van der Waals surface area contributed by atoms with Crippen molar-refractivity contribution in [2.75, 3.05) is 6.61 Å². The van der Waals surface area contributed by atoms with Gasteiger partial charge < -0.3 is 10.5 Å². The van der Waals surface area contributed by atoms with Crippen molar-refractivity contribution in [2.45, 2.75) is 69.0 Å². The van der Waals surface area contributed by atoms with Crippen LogP contribution in [0, 0.1) is 5.92 Å². The number of aromatic nitrogens is 2. The third-order valence-corrected chi connectivity index (χ3v) is 7.73. The Kier molecular flexibility index (Phi) is 5.31. The Morgan fingerprint density at radius 1 is 1.48 bits per heavy atom. The van der Waals surface area contributed by atoms with Gasteiger partial charge in [0.2, 0.25) is 5.91 Å². The van der Waals surface area contributed by atoms with Gasteiger partial charge in [-0.05, 0) is 50.5 Å². The highest BCUT2D eigenvalue weighted by atomic mass is 32.2. The smallest absolute Gasteiger partial charge is 0.263 e. The number of carbonyl (C=O) groups is 1. The van der Waals surface area contributed by atoms with Crippen molar-refractivity contribution in [3.05, 3.63) is 20.8 Å². The molecular formula is C19H25N3O3S2. The van der Waals surface area contributed by atoms with E-state index >= 15 is 0 Å². The molecule has 0 bridgehead atoms. The fraction of sp³-hybridized carbons (Fsp3) is 0.632. The summed E-state index contributed by atoms with van der Waals surface area (Å²) < 4.78 is 7.47. The van der Waals surface area contributed by atoms with Crippen molar-refractivity contribution in [3.63, 3.8) is 0 Å². The molecule has 2 aromatic heterocycles. The summed E-state index contributed by atoms with van der Waals surface area (Å²) in [5.74, 6) is 0.237. The molecule has 1 aliphatic heterocycles. The SMILES string of the molecule is C[C@H]1CCc2c(sc3nc(S[C@@H](C)C(N)=O)n(C[C@@H]4CCCO4)c(=O)c23)C1. The number of hydrogen-bond acceptors (Lipinski definition) is 6. The van der Waals surface area contributed by atoms with Crippen molar-refractivity contribution in [1.29, 1.82) is 0 Å². The fourth-order valence-electron chi connectivity index (χ4n) is 3.86. The molecule has 1 amide bonds. The van der Waals surface area contributed by atoms with E-state index in [9.17, 15) is 9.59 Å². The summed E-state index contributed by atoms with van der Waals surface area (Å²) in [6.45, 7) is 5.23. The number of aryl methyl sites for hydroxylation is 1. The topological polar surface area (TPSA) is 87.2 Å². The zero-order valence-electron chi connectivity index (χ0n) is 15.7. The van der Waals surface area contributed by atoms with Gasteiger partial charge in [-0.15, -0.1) is 11.3 Å². The van der Waals surface area contributed by atoms with Gasteiger partial charge in [-0.1, -0.05) is 18.7 Å². The Morgan fingerprint density at radius 3 is 3.00 bits per heavy atom. The van der Waals surface area contributed by atoms with Gasteiger partial charge in [0.25, 0.3) is 5.56 Å². The van der Waals surface area contributed by atoms with Gasteiger partial charge in [-0.2, -0.15) is 0 Å². The molecule has 3 atom stereocenters. The minimum atomic E-state index is -0.445. The highest BCUT2D eigenvalue weighted by Gasteiger charge is 2.27. The normalized spacial score (nSPS) is 23.5. The van der Waals surface area contributed by atoms with Crippen LogP contribution in [0.2, 0.25) is 0 Å². The standard InChI is InChI=1S/C19H25N3O3S2/c1-10-5-6-13-14(8-10)27-17-15(13)18(24)22(9-12-4-3-7-25-12)19(21-17)26-11(2)16(20)23/h10-12H,3-9H2,1-2H3,(H2,20,23)/t10-,11-,12-/m0/s1. The lowest BCUT2D eigenvalue weighted by Crippen LogP contribution is -2.30. The van der Waals surface area contributed by atoms with Crippen LogP contribution in [-0.4, -0.2) is 33.4 Å². The van der Waals surface area contributed by atoms with E-state index in [1.807, 2.05) is 0 Å². The highest BCUT2D eigenvalue weighted by Crippen LogP contribution is 2.37. The third kappa shape index (κ3) is 3.67. The van der Waals surface area contributed by atoms with Gasteiger partial charge in [0.1, 0.15) is 4.83 Å². The molecule has 1 fully saturated rings. The van der Waals surface area contributed by atoms with Crippen LogP contribution >= 0.6 is 23.1 Å². The summed E-state index contributed by atoms with van der Waals surface area (Å²) in [5, 5.41) is 0.900. The molecule has 1 aliphatic carbocycles. The van der Waals surface area contributed by atoms with Crippen LogP contribution in [0.15, 0.2) is 9.95 Å². The fourth-order valence-corrected chi connectivity index (χ4v) is 6.16. The Labute approximate surface area is 166 Å². The predicted molar refractivity (Wildman–Crippen MR) is 109 cm³/mol. The second-order valence-corrected chi connectivity index (χ2v) is 10.0. The number of amides is 1. The lowest BCUT2D eigenvalue weighted by atomic mass is 9.89. The molecule has 0 spiro atoms. The summed E-state index contributed by atoms with van der Waals surface area (Å²) >= 11 is 2.90. The molecule has 6 nitrogen and oxygen atoms in total. The molecule has 146 valence electrons. The Hall–Kier alpha value is -1.38. The van der Waals surface area contributed by atoms with Gasteiger partial charge in [0.15, 0.2) is 5.16 Å². The zero-order chi connectivity index (χ0) is 19.1. The van der Waals surface area contributed by atoms with Crippen LogP contribution in [0.1, 0.15) is 43.6 Å². The summed E-state index contributed by atoms with van der Waals surface area (Å²) in [4.78, 5) is 31.9. The van der Waals surface area contributed by atoms with Gasteiger partial charge in [-0.3, -0.25) is 14.2 Å². The van der Waals surface area contributed by atoms with Crippen LogP contribution in [0.5, 0.6) is 0 Å². The summed E-state index contributed by atoms with van der Waals surface area (Å²) in [6, 6.07) is 0. The van der Waals surface area contributed by atoms with Gasteiger partial charge in [0, 0.05) is 11.5 Å². The Bertz CT molecular complexity index is 930. The van der Waals surface area contributed by atoms with Crippen LogP contribution in [-0.2, 0) is 28.9 Å². The number of nitrogens with zero attached hydrogens (tertiary/aromatic N) is 2. The van der Waals surface area contributed by atoms with Crippen molar-refractivity contribution in [3.8, 4) is 0 Å². The number of thiophene rings is 1. The second-order valence-electron chi connectivity index (χ2n) is 7.64. The maximum Gasteiger partial charge on any atom is 0.263 e. The monoisotopic (exact) mass is 407 g/mol. The second kappa shape index (κ2) is 7.56. The van der Waals surface area contributed by atoms with Crippen LogP contribution in [0.25, 0.3) is 10.2 Å². The van der Waals surface area contributed by atoms with Gasteiger partial charge >= 0.3 is 0 Å². The van der Waals surface area contributed by atoms with Gasteiger partial charge in [0.05, 0.1) is 23.3 Å². The largest absolute Gasteiger partial charge is 0.376 e. The molecular weight excluding hydrogens is 382 g/mol. The third-order valence-electron chi connectivity index (χ3n) is 5.47. The molecule has 4 rings (SSSR count). The number of nitrogens with two attached hydrogens (primary N) is 1. The van der Waals surface area contributed by atoms with E-state index in [2.05, 4.69) is 6.92 Å². The number of primary amides is 1. The zero-order valence-corrected chi connectivity index (χ0v) is 17.3. The van der Waals surface area contributed by atoms with E-state index < -0.39 is 11.2 Å². The van der Waals surface area contributed by atoms with E-state index in [1.165, 1.54) is 22.2 Å². The van der Waals surface area contributed by atoms with E-state index in [0.29, 0.717) is 17.6 Å². The predicted octanol–water partition coefficient (Wildman–Crippen LogP) is 2.73. The molecule has 0 radical (unpaired) electrons. The van der Waals surface area contributed by atoms with Crippen molar-refractivity contribution >= 4 is 39.2 Å². The number of rotatable bonds is 5. The molecule has 1 saturated heterocycles. The van der Waals surface area contributed by atoms with Gasteiger partial charge in [-0.25, -0.2) is 4.98 Å². The van der Waals surface area contributed by atoms with E-state index in [0.717, 1.165) is 48.9 Å². The molecule has 27 heavy (non-hydrogen) atoms. The average Bonchev–Trinajstić information content (AvgIpc) is 3.24.